The molecule has 0 spiro atoms. The molecule has 0 aliphatic heterocycles. The molecule has 0 heterocycles. The summed E-state index contributed by atoms with van der Waals surface area (Å²) in [5.41, 5.74) is 6.45. The second kappa shape index (κ2) is 3.21. The molecule has 1 fully saturated rings. The molecule has 0 atom stereocenters. The molecule has 1 saturated carbocycles. The minimum absolute atomic E-state index is 0.0116. The van der Waals surface area contributed by atoms with E-state index in [4.69, 9.17) is 5.73 Å². The van der Waals surface area contributed by atoms with E-state index in [-0.39, 0.29) is 11.3 Å². The zero-order valence-electron chi connectivity index (χ0n) is 7.56. The fourth-order valence-electron chi connectivity index (χ4n) is 1.44. The van der Waals surface area contributed by atoms with Crippen molar-refractivity contribution in [2.45, 2.75) is 24.8 Å². The highest BCUT2D eigenvalue weighted by molar-refractivity contribution is 9.10. The van der Waals surface area contributed by atoms with E-state index in [0.29, 0.717) is 16.5 Å². The molecule has 0 aromatic heterocycles. The molecule has 14 heavy (non-hydrogen) atoms. The van der Waals surface area contributed by atoms with Crippen LogP contribution in [-0.2, 0) is 6.42 Å². The highest BCUT2D eigenvalue weighted by atomic mass is 79.9. The van der Waals surface area contributed by atoms with Gasteiger partial charge in [0.05, 0.1) is 4.47 Å². The third-order valence-electron chi connectivity index (χ3n) is 2.56. The Kier molecular flexibility index (Phi) is 2.27. The normalized spacial score (nSPS) is 18.2. The number of benzene rings is 1. The lowest BCUT2D eigenvalue weighted by Crippen LogP contribution is -2.24. The molecule has 1 aliphatic carbocycles. The Morgan fingerprint density at radius 2 is 2.14 bits per heavy atom. The minimum Gasteiger partial charge on any atom is -0.508 e. The number of phenols is 1. The van der Waals surface area contributed by atoms with Gasteiger partial charge < -0.3 is 10.8 Å². The van der Waals surface area contributed by atoms with Crippen LogP contribution in [0.25, 0.3) is 0 Å². The van der Waals surface area contributed by atoms with Crippen molar-refractivity contribution in [2.75, 3.05) is 0 Å². The van der Waals surface area contributed by atoms with Crippen molar-refractivity contribution in [3.63, 3.8) is 0 Å². The molecule has 0 radical (unpaired) electrons. The summed E-state index contributed by atoms with van der Waals surface area (Å²) >= 11 is 3.08. The highest BCUT2D eigenvalue weighted by Gasteiger charge is 2.38. The predicted octanol–water partition coefficient (Wildman–Crippen LogP) is 2.33. The molecule has 0 bridgehead atoms. The number of hydrogen-bond acceptors (Lipinski definition) is 2. The lowest BCUT2D eigenvalue weighted by molar-refractivity contribution is 0.457. The van der Waals surface area contributed by atoms with Gasteiger partial charge >= 0.3 is 0 Å². The number of nitrogens with two attached hydrogens (primary N) is 1. The molecular weight excluding hydrogens is 249 g/mol. The van der Waals surface area contributed by atoms with Gasteiger partial charge in [-0.3, -0.25) is 0 Å². The Hall–Kier alpha value is -0.610. The minimum atomic E-state index is -0.451. The van der Waals surface area contributed by atoms with Crippen LogP contribution >= 0.6 is 15.9 Å². The first kappa shape index (κ1) is 9.93. The average molecular weight is 260 g/mol. The van der Waals surface area contributed by atoms with Crippen molar-refractivity contribution in [3.05, 3.63) is 28.0 Å². The number of aromatic hydroxyl groups is 1. The zero-order chi connectivity index (χ0) is 10.3. The van der Waals surface area contributed by atoms with E-state index in [1.165, 1.54) is 0 Å². The van der Waals surface area contributed by atoms with Crippen LogP contribution in [0.3, 0.4) is 0 Å². The van der Waals surface area contributed by atoms with E-state index >= 15 is 0 Å². The van der Waals surface area contributed by atoms with Crippen LogP contribution in [0.1, 0.15) is 18.4 Å². The maximum absolute atomic E-state index is 13.0. The van der Waals surface area contributed by atoms with Crippen molar-refractivity contribution in [3.8, 4) is 5.75 Å². The Bertz CT molecular complexity index is 377. The molecule has 0 saturated heterocycles. The Morgan fingerprint density at radius 3 is 2.71 bits per heavy atom. The summed E-state index contributed by atoms with van der Waals surface area (Å²) in [7, 11) is 0. The standard InChI is InChI=1S/C10H11BrFNO/c11-7-3-6(5-10(13)1-2-10)9(14)4-8(7)12/h3-4,14H,1-2,5,13H2. The molecule has 1 aliphatic rings. The van der Waals surface area contributed by atoms with Crippen molar-refractivity contribution in [1.82, 2.24) is 0 Å². The fourth-order valence-corrected chi connectivity index (χ4v) is 1.83. The number of rotatable bonds is 2. The summed E-state index contributed by atoms with van der Waals surface area (Å²) in [6.45, 7) is 0. The summed E-state index contributed by atoms with van der Waals surface area (Å²) < 4.78 is 13.3. The van der Waals surface area contributed by atoms with Gasteiger partial charge in [0.15, 0.2) is 0 Å². The second-order valence-corrected chi connectivity index (χ2v) is 4.79. The lowest BCUT2D eigenvalue weighted by atomic mass is 10.0. The van der Waals surface area contributed by atoms with Crippen LogP contribution in [0, 0.1) is 5.82 Å². The molecule has 0 amide bonds. The van der Waals surface area contributed by atoms with E-state index in [9.17, 15) is 9.50 Å². The van der Waals surface area contributed by atoms with Crippen LogP contribution in [0.2, 0.25) is 0 Å². The summed E-state index contributed by atoms with van der Waals surface area (Å²) in [4.78, 5) is 0. The van der Waals surface area contributed by atoms with Crippen molar-refractivity contribution >= 4 is 15.9 Å². The summed E-state index contributed by atoms with van der Waals surface area (Å²) in [5.74, 6) is -0.462. The topological polar surface area (TPSA) is 46.2 Å². The maximum atomic E-state index is 13.0. The smallest absolute Gasteiger partial charge is 0.141 e. The fraction of sp³-hybridized carbons (Fsp3) is 0.400. The van der Waals surface area contributed by atoms with Gasteiger partial charge in [-0.1, -0.05) is 0 Å². The van der Waals surface area contributed by atoms with Crippen molar-refractivity contribution in [2.24, 2.45) is 5.73 Å². The highest BCUT2D eigenvalue weighted by Crippen LogP contribution is 2.38. The first-order valence-electron chi connectivity index (χ1n) is 4.46. The number of phenolic OH excluding ortho intramolecular Hbond substituents is 1. The van der Waals surface area contributed by atoms with E-state index in [2.05, 4.69) is 15.9 Å². The average Bonchev–Trinajstić information content (AvgIpc) is 2.80. The summed E-state index contributed by atoms with van der Waals surface area (Å²) in [6.07, 6.45) is 2.56. The molecule has 1 aromatic carbocycles. The van der Waals surface area contributed by atoms with Gasteiger partial charge in [0.2, 0.25) is 0 Å². The third kappa shape index (κ3) is 1.91. The van der Waals surface area contributed by atoms with Gasteiger partial charge in [-0.25, -0.2) is 4.39 Å². The molecule has 2 rings (SSSR count). The van der Waals surface area contributed by atoms with Gasteiger partial charge in [0.1, 0.15) is 11.6 Å². The van der Waals surface area contributed by atoms with Crippen LogP contribution in [0.15, 0.2) is 16.6 Å². The largest absolute Gasteiger partial charge is 0.508 e. The first-order chi connectivity index (χ1) is 6.50. The van der Waals surface area contributed by atoms with Crippen molar-refractivity contribution < 1.29 is 9.50 Å². The lowest BCUT2D eigenvalue weighted by Gasteiger charge is -2.10. The first-order valence-corrected chi connectivity index (χ1v) is 5.25. The van der Waals surface area contributed by atoms with E-state index in [1.807, 2.05) is 0 Å². The molecule has 2 nitrogen and oxygen atoms in total. The SMILES string of the molecule is NC1(Cc2cc(Br)c(F)cc2O)CC1. The summed E-state index contributed by atoms with van der Waals surface area (Å²) in [6, 6.07) is 2.71. The van der Waals surface area contributed by atoms with Gasteiger partial charge in [0, 0.05) is 11.6 Å². The van der Waals surface area contributed by atoms with Crippen LogP contribution in [-0.4, -0.2) is 10.6 Å². The quantitative estimate of drug-likeness (QED) is 0.857. The van der Waals surface area contributed by atoms with Crippen LogP contribution in [0.4, 0.5) is 4.39 Å². The van der Waals surface area contributed by atoms with Crippen LogP contribution in [0.5, 0.6) is 5.75 Å². The second-order valence-electron chi connectivity index (χ2n) is 3.93. The van der Waals surface area contributed by atoms with E-state index < -0.39 is 5.82 Å². The molecule has 3 N–H and O–H groups in total. The van der Waals surface area contributed by atoms with Gasteiger partial charge in [-0.15, -0.1) is 0 Å². The predicted molar refractivity (Wildman–Crippen MR) is 55.6 cm³/mol. The third-order valence-corrected chi connectivity index (χ3v) is 3.16. The monoisotopic (exact) mass is 259 g/mol. The summed E-state index contributed by atoms with van der Waals surface area (Å²) in [5, 5.41) is 9.49. The Balaban J connectivity index is 2.29. The van der Waals surface area contributed by atoms with E-state index in [0.717, 1.165) is 18.9 Å². The van der Waals surface area contributed by atoms with Crippen LogP contribution < -0.4 is 5.73 Å². The molecule has 76 valence electrons. The number of halogens is 2. The Morgan fingerprint density at radius 1 is 1.50 bits per heavy atom. The van der Waals surface area contributed by atoms with Gasteiger partial charge in [-0.05, 0) is 46.8 Å². The number of hydrogen-bond donors (Lipinski definition) is 2. The molecule has 0 unspecified atom stereocenters. The van der Waals surface area contributed by atoms with Gasteiger partial charge in [-0.2, -0.15) is 0 Å². The molecule has 4 heteroatoms. The molecular formula is C10H11BrFNO. The maximum Gasteiger partial charge on any atom is 0.141 e. The Labute approximate surface area is 90.1 Å². The zero-order valence-corrected chi connectivity index (χ0v) is 9.14. The molecule has 1 aromatic rings. The van der Waals surface area contributed by atoms with Crippen molar-refractivity contribution in [1.29, 1.82) is 0 Å². The van der Waals surface area contributed by atoms with Gasteiger partial charge in [0.25, 0.3) is 0 Å². The van der Waals surface area contributed by atoms with E-state index in [1.54, 1.807) is 6.07 Å².